The number of anilines is 1. The summed E-state index contributed by atoms with van der Waals surface area (Å²) in [5.74, 6) is -3.21. The van der Waals surface area contributed by atoms with E-state index in [0.29, 0.717) is 23.4 Å². The SMILES string of the molecule is CCC(C)[C@H](NC(=O)CNC(=O)COc1ccc([C@@H]2[C@@H](SCC(O)c3ccc(F)cc3)C(=O)N2c2ccc(F)cc2)cc1)C(=O)O. The number of halogens is 2. The van der Waals surface area contributed by atoms with Crippen molar-refractivity contribution in [1.82, 2.24) is 10.6 Å². The first-order valence-corrected chi connectivity index (χ1v) is 15.7. The first-order chi connectivity index (χ1) is 22.0. The largest absolute Gasteiger partial charge is 0.484 e. The number of aliphatic hydroxyl groups is 1. The maximum Gasteiger partial charge on any atom is 0.326 e. The molecule has 1 aliphatic heterocycles. The van der Waals surface area contributed by atoms with Gasteiger partial charge in [-0.3, -0.25) is 14.4 Å². The van der Waals surface area contributed by atoms with Crippen molar-refractivity contribution >= 4 is 41.1 Å². The highest BCUT2D eigenvalue weighted by atomic mass is 32.2. The number of carboxylic acid groups (broad SMARTS) is 1. The molecule has 0 spiro atoms. The number of benzene rings is 3. The number of nitrogens with one attached hydrogen (secondary N) is 2. The maximum atomic E-state index is 13.6. The number of ether oxygens (including phenoxy) is 1. The summed E-state index contributed by atoms with van der Waals surface area (Å²) < 4.78 is 32.4. The predicted octanol–water partition coefficient (Wildman–Crippen LogP) is 4.00. The van der Waals surface area contributed by atoms with Gasteiger partial charge in [-0.05, 0) is 65.6 Å². The van der Waals surface area contributed by atoms with Crippen molar-refractivity contribution < 1.29 is 42.9 Å². The van der Waals surface area contributed by atoms with E-state index in [4.69, 9.17) is 4.74 Å². The quantitative estimate of drug-likeness (QED) is 0.180. The van der Waals surface area contributed by atoms with Crippen LogP contribution in [0.4, 0.5) is 14.5 Å². The van der Waals surface area contributed by atoms with Crippen LogP contribution in [-0.2, 0) is 19.2 Å². The Balaban J connectivity index is 1.36. The van der Waals surface area contributed by atoms with E-state index in [-0.39, 0.29) is 17.6 Å². The summed E-state index contributed by atoms with van der Waals surface area (Å²) in [4.78, 5) is 50.6. The van der Waals surface area contributed by atoms with E-state index in [9.17, 15) is 38.2 Å². The molecule has 1 fully saturated rings. The molecule has 0 radical (unpaired) electrons. The number of carboxylic acids is 1. The lowest BCUT2D eigenvalue weighted by Crippen LogP contribution is -2.57. The van der Waals surface area contributed by atoms with E-state index >= 15 is 0 Å². The fourth-order valence-corrected chi connectivity index (χ4v) is 6.16. The van der Waals surface area contributed by atoms with E-state index in [1.165, 1.54) is 60.3 Å². The number of hydrogen-bond acceptors (Lipinski definition) is 7. The van der Waals surface area contributed by atoms with Crippen LogP contribution in [0.2, 0.25) is 0 Å². The molecule has 10 nitrogen and oxygen atoms in total. The number of aliphatic carboxylic acids is 1. The molecule has 1 aliphatic rings. The zero-order chi connectivity index (χ0) is 33.4. The van der Waals surface area contributed by atoms with Gasteiger partial charge in [-0.15, -0.1) is 11.8 Å². The molecule has 2 unspecified atom stereocenters. The number of carbonyl (C=O) groups excluding carboxylic acids is 3. The molecule has 1 saturated heterocycles. The first-order valence-electron chi connectivity index (χ1n) is 14.6. The molecule has 4 N–H and O–H groups in total. The molecule has 5 atom stereocenters. The number of nitrogens with zero attached hydrogens (tertiary/aromatic N) is 1. The van der Waals surface area contributed by atoms with Crippen LogP contribution in [0.3, 0.4) is 0 Å². The minimum atomic E-state index is -1.15. The molecule has 46 heavy (non-hydrogen) atoms. The molecule has 4 rings (SSSR count). The summed E-state index contributed by atoms with van der Waals surface area (Å²) in [6.45, 7) is 2.71. The van der Waals surface area contributed by atoms with Gasteiger partial charge < -0.3 is 30.5 Å². The average molecular weight is 656 g/mol. The highest BCUT2D eigenvalue weighted by Crippen LogP contribution is 2.46. The van der Waals surface area contributed by atoms with Crippen LogP contribution >= 0.6 is 11.8 Å². The summed E-state index contributed by atoms with van der Waals surface area (Å²) >= 11 is 1.26. The van der Waals surface area contributed by atoms with Crippen molar-refractivity contribution in [2.24, 2.45) is 5.92 Å². The average Bonchev–Trinajstić information content (AvgIpc) is 3.05. The Morgan fingerprint density at radius 1 is 0.957 bits per heavy atom. The number of β-lactam (4-membered cyclic amide) rings is 1. The predicted molar refractivity (Wildman–Crippen MR) is 168 cm³/mol. The van der Waals surface area contributed by atoms with Crippen LogP contribution in [0, 0.1) is 17.6 Å². The molecule has 244 valence electrons. The summed E-state index contributed by atoms with van der Waals surface area (Å²) in [5.41, 5.74) is 1.77. The highest BCUT2D eigenvalue weighted by Gasteiger charge is 2.49. The minimum absolute atomic E-state index is 0.179. The topological polar surface area (TPSA) is 145 Å². The highest BCUT2D eigenvalue weighted by molar-refractivity contribution is 8.00. The second kappa shape index (κ2) is 15.7. The molecule has 0 aliphatic carbocycles. The summed E-state index contributed by atoms with van der Waals surface area (Å²) in [7, 11) is 0. The summed E-state index contributed by atoms with van der Waals surface area (Å²) in [5, 5.41) is 24.2. The Morgan fingerprint density at radius 2 is 1.57 bits per heavy atom. The fraction of sp³-hybridized carbons (Fsp3) is 0.333. The van der Waals surface area contributed by atoms with E-state index in [1.54, 1.807) is 36.1 Å². The Labute approximate surface area is 269 Å². The second-order valence-electron chi connectivity index (χ2n) is 10.9. The Kier molecular flexibility index (Phi) is 11.7. The molecular weight excluding hydrogens is 620 g/mol. The van der Waals surface area contributed by atoms with Gasteiger partial charge in [0, 0.05) is 11.4 Å². The zero-order valence-electron chi connectivity index (χ0n) is 25.2. The standard InChI is InChI=1S/C33H35F2N3O7S/c1-3-19(2)29(33(43)44)37-27(40)16-36-28(41)17-45-25-14-6-21(7-15-25)30-31(32(42)38(30)24-12-10-23(35)11-13-24)46-18-26(39)20-4-8-22(34)9-5-20/h4-15,19,26,29-31,39H,3,16-18H2,1-2H3,(H,36,41)(H,37,40)(H,43,44)/t19?,26?,29-,30+,31+/m0/s1. The Hall–Kier alpha value is -4.49. The smallest absolute Gasteiger partial charge is 0.326 e. The third-order valence-electron chi connectivity index (χ3n) is 7.67. The molecule has 13 heteroatoms. The van der Waals surface area contributed by atoms with Crippen LogP contribution in [-0.4, -0.2) is 64.1 Å². The molecule has 3 aromatic carbocycles. The van der Waals surface area contributed by atoms with Gasteiger partial charge in [0.15, 0.2) is 6.61 Å². The number of carbonyl (C=O) groups is 4. The number of aliphatic hydroxyl groups excluding tert-OH is 1. The van der Waals surface area contributed by atoms with Crippen LogP contribution in [0.25, 0.3) is 0 Å². The number of thioether (sulfide) groups is 1. The van der Waals surface area contributed by atoms with Crippen molar-refractivity contribution in [3.8, 4) is 5.75 Å². The monoisotopic (exact) mass is 655 g/mol. The lowest BCUT2D eigenvalue weighted by atomic mass is 9.92. The van der Waals surface area contributed by atoms with Crippen molar-refractivity contribution in [3.63, 3.8) is 0 Å². The van der Waals surface area contributed by atoms with Gasteiger partial charge in [0.25, 0.3) is 5.91 Å². The van der Waals surface area contributed by atoms with Gasteiger partial charge in [0.05, 0.1) is 18.7 Å². The Morgan fingerprint density at radius 3 is 2.15 bits per heavy atom. The molecule has 0 aromatic heterocycles. The third-order valence-corrected chi connectivity index (χ3v) is 9.00. The van der Waals surface area contributed by atoms with Crippen LogP contribution in [0.5, 0.6) is 5.75 Å². The maximum absolute atomic E-state index is 13.6. The Bertz CT molecular complexity index is 1520. The van der Waals surface area contributed by atoms with Gasteiger partial charge >= 0.3 is 5.97 Å². The molecule has 0 bridgehead atoms. The molecule has 1 heterocycles. The second-order valence-corrected chi connectivity index (χ2v) is 12.0. The van der Waals surface area contributed by atoms with E-state index in [1.807, 2.05) is 6.92 Å². The van der Waals surface area contributed by atoms with E-state index in [2.05, 4.69) is 10.6 Å². The van der Waals surface area contributed by atoms with Crippen molar-refractivity contribution in [2.45, 2.75) is 43.7 Å². The number of amides is 3. The molecule has 3 amide bonds. The van der Waals surface area contributed by atoms with Gasteiger partial charge in [0.2, 0.25) is 11.8 Å². The number of hydrogen-bond donors (Lipinski definition) is 4. The van der Waals surface area contributed by atoms with Crippen molar-refractivity contribution in [2.75, 3.05) is 23.8 Å². The summed E-state index contributed by atoms with van der Waals surface area (Å²) in [6.07, 6.45) is -0.372. The van der Waals surface area contributed by atoms with Crippen molar-refractivity contribution in [3.05, 3.63) is 95.6 Å². The van der Waals surface area contributed by atoms with Gasteiger partial charge in [0.1, 0.15) is 28.7 Å². The van der Waals surface area contributed by atoms with Crippen molar-refractivity contribution in [1.29, 1.82) is 0 Å². The van der Waals surface area contributed by atoms with Crippen LogP contribution in [0.1, 0.15) is 43.5 Å². The zero-order valence-corrected chi connectivity index (χ0v) is 26.0. The summed E-state index contributed by atoms with van der Waals surface area (Å²) in [6, 6.07) is 16.2. The van der Waals surface area contributed by atoms with Gasteiger partial charge in [-0.25, -0.2) is 13.6 Å². The van der Waals surface area contributed by atoms with E-state index < -0.39 is 66.0 Å². The lowest BCUT2D eigenvalue weighted by molar-refractivity contribution is -0.143. The molecular formula is C33H35F2N3O7S. The van der Waals surface area contributed by atoms with Crippen LogP contribution in [0.15, 0.2) is 72.8 Å². The first kappa shape index (κ1) is 34.4. The van der Waals surface area contributed by atoms with Crippen LogP contribution < -0.4 is 20.3 Å². The third kappa shape index (κ3) is 8.61. The van der Waals surface area contributed by atoms with E-state index in [0.717, 1.165) is 5.56 Å². The lowest BCUT2D eigenvalue weighted by Gasteiger charge is -2.47. The fourth-order valence-electron chi connectivity index (χ4n) is 4.86. The van der Waals surface area contributed by atoms with Gasteiger partial charge in [-0.1, -0.05) is 44.5 Å². The normalized spacial score (nSPS) is 17.8. The number of rotatable bonds is 15. The molecule has 0 saturated carbocycles. The molecule has 3 aromatic rings. The minimum Gasteiger partial charge on any atom is -0.484 e. The van der Waals surface area contributed by atoms with Gasteiger partial charge in [-0.2, -0.15) is 0 Å².